The first-order valence-corrected chi connectivity index (χ1v) is 9.83. The Hall–Kier alpha value is -3.64. The lowest BCUT2D eigenvalue weighted by molar-refractivity contribution is -0.120. The van der Waals surface area contributed by atoms with E-state index in [1.54, 1.807) is 49.6 Å². The molecule has 7 heteroatoms. The zero-order chi connectivity index (χ0) is 22.1. The van der Waals surface area contributed by atoms with Gasteiger partial charge in [-0.15, -0.1) is 0 Å². The van der Waals surface area contributed by atoms with Gasteiger partial charge in [0.15, 0.2) is 0 Å². The summed E-state index contributed by atoms with van der Waals surface area (Å²) >= 11 is 6.22. The lowest BCUT2D eigenvalue weighted by Gasteiger charge is -2.16. The molecule has 0 saturated heterocycles. The molecule has 0 unspecified atom stereocenters. The van der Waals surface area contributed by atoms with Crippen molar-refractivity contribution in [3.05, 3.63) is 94.4 Å². The van der Waals surface area contributed by atoms with E-state index in [0.29, 0.717) is 22.0 Å². The average molecular weight is 437 g/mol. The van der Waals surface area contributed by atoms with E-state index in [0.717, 1.165) is 10.5 Å². The lowest BCUT2D eigenvalue weighted by Crippen LogP contribution is -2.32. The van der Waals surface area contributed by atoms with Gasteiger partial charge in [0, 0.05) is 10.7 Å². The van der Waals surface area contributed by atoms with Crippen LogP contribution in [0.3, 0.4) is 0 Å². The molecule has 3 aromatic carbocycles. The molecule has 1 N–H and O–H groups in total. The van der Waals surface area contributed by atoms with E-state index in [4.69, 9.17) is 16.3 Å². The molecule has 0 radical (unpaired) electrons. The Balaban J connectivity index is 1.83. The number of nitrogens with zero attached hydrogens (tertiary/aromatic N) is 1. The largest absolute Gasteiger partial charge is 0.497 e. The van der Waals surface area contributed by atoms with E-state index < -0.39 is 17.6 Å². The number of methoxy groups -OCH3 is 1. The Bertz CT molecular complexity index is 1200. The second kappa shape index (κ2) is 8.24. The molecule has 0 spiro atoms. The number of halogens is 2. The summed E-state index contributed by atoms with van der Waals surface area (Å²) in [5.74, 6) is -0.887. The van der Waals surface area contributed by atoms with Crippen LogP contribution in [0.1, 0.15) is 11.1 Å². The smallest absolute Gasteiger partial charge is 0.282 e. The second-order valence-corrected chi connectivity index (χ2v) is 7.35. The molecule has 1 heterocycles. The highest BCUT2D eigenvalue weighted by molar-refractivity contribution is 6.46. The van der Waals surface area contributed by atoms with Crippen LogP contribution in [0.25, 0.3) is 5.57 Å². The zero-order valence-electron chi connectivity index (χ0n) is 16.8. The van der Waals surface area contributed by atoms with Gasteiger partial charge in [-0.3, -0.25) is 9.59 Å². The van der Waals surface area contributed by atoms with Crippen molar-refractivity contribution in [1.29, 1.82) is 0 Å². The zero-order valence-corrected chi connectivity index (χ0v) is 17.5. The van der Waals surface area contributed by atoms with Crippen molar-refractivity contribution < 1.29 is 18.7 Å². The van der Waals surface area contributed by atoms with Crippen molar-refractivity contribution in [1.82, 2.24) is 0 Å². The van der Waals surface area contributed by atoms with Gasteiger partial charge in [0.25, 0.3) is 11.8 Å². The Labute approximate surface area is 183 Å². The molecule has 4 rings (SSSR count). The van der Waals surface area contributed by atoms with E-state index in [9.17, 15) is 14.0 Å². The minimum atomic E-state index is -0.540. The van der Waals surface area contributed by atoms with Crippen molar-refractivity contribution >= 4 is 40.4 Å². The maximum Gasteiger partial charge on any atom is 0.282 e. The Kier molecular flexibility index (Phi) is 5.48. The molecule has 1 aliphatic rings. The van der Waals surface area contributed by atoms with Crippen LogP contribution in [0.5, 0.6) is 5.75 Å². The number of hydrogen-bond acceptors (Lipinski definition) is 4. The third kappa shape index (κ3) is 3.78. The number of hydrogen-bond donors (Lipinski definition) is 1. The van der Waals surface area contributed by atoms with E-state index in [1.807, 2.05) is 6.92 Å². The van der Waals surface area contributed by atoms with Gasteiger partial charge in [-0.25, -0.2) is 9.29 Å². The second-order valence-electron chi connectivity index (χ2n) is 6.94. The minimum Gasteiger partial charge on any atom is -0.497 e. The number of amides is 2. The van der Waals surface area contributed by atoms with Crippen LogP contribution in [-0.4, -0.2) is 18.9 Å². The standard InChI is InChI=1S/C24H18ClFN2O3/c1-14-19(25)4-3-5-20(14)27-22-21(15-6-12-18(31-2)13-7-15)23(29)28(24(22)30)17-10-8-16(26)9-11-17/h3-13,27H,1-2H3. The lowest BCUT2D eigenvalue weighted by atomic mass is 10.0. The van der Waals surface area contributed by atoms with Crippen molar-refractivity contribution in [3.63, 3.8) is 0 Å². The highest BCUT2D eigenvalue weighted by Crippen LogP contribution is 2.35. The van der Waals surface area contributed by atoms with Gasteiger partial charge in [0.2, 0.25) is 0 Å². The number of imide groups is 1. The first-order valence-electron chi connectivity index (χ1n) is 9.46. The topological polar surface area (TPSA) is 58.6 Å². The van der Waals surface area contributed by atoms with Crippen LogP contribution >= 0.6 is 11.6 Å². The molecule has 156 valence electrons. The van der Waals surface area contributed by atoms with Gasteiger partial charge in [-0.05, 0) is 66.6 Å². The van der Waals surface area contributed by atoms with E-state index in [2.05, 4.69) is 5.32 Å². The fraction of sp³-hybridized carbons (Fsp3) is 0.0833. The van der Waals surface area contributed by atoms with Crippen molar-refractivity contribution in [2.45, 2.75) is 6.92 Å². The number of anilines is 2. The number of carbonyl (C=O) groups is 2. The molecule has 5 nitrogen and oxygen atoms in total. The van der Waals surface area contributed by atoms with Gasteiger partial charge in [0.05, 0.1) is 18.4 Å². The molecular weight excluding hydrogens is 419 g/mol. The average Bonchev–Trinajstić information content (AvgIpc) is 3.01. The fourth-order valence-corrected chi connectivity index (χ4v) is 3.55. The van der Waals surface area contributed by atoms with Crippen LogP contribution in [0.2, 0.25) is 5.02 Å². The maximum atomic E-state index is 13.4. The summed E-state index contributed by atoms with van der Waals surface area (Å²) in [5, 5.41) is 3.63. The number of carbonyl (C=O) groups excluding carboxylic acids is 2. The van der Waals surface area contributed by atoms with Gasteiger partial charge < -0.3 is 10.1 Å². The first kappa shape index (κ1) is 20.6. The van der Waals surface area contributed by atoms with Crippen LogP contribution in [-0.2, 0) is 9.59 Å². The van der Waals surface area contributed by atoms with Crippen LogP contribution in [0.15, 0.2) is 72.4 Å². The molecule has 0 bridgehead atoms. The summed E-state index contributed by atoms with van der Waals surface area (Å²) in [7, 11) is 1.55. The van der Waals surface area contributed by atoms with Crippen LogP contribution in [0.4, 0.5) is 15.8 Å². The monoisotopic (exact) mass is 436 g/mol. The molecule has 0 saturated carbocycles. The van der Waals surface area contributed by atoms with Crippen LogP contribution in [0, 0.1) is 12.7 Å². The van der Waals surface area contributed by atoms with Gasteiger partial charge in [-0.1, -0.05) is 29.8 Å². The Morgan fingerprint density at radius 2 is 1.61 bits per heavy atom. The Morgan fingerprint density at radius 3 is 2.26 bits per heavy atom. The SMILES string of the molecule is COc1ccc(C2=C(Nc3cccc(Cl)c3C)C(=O)N(c3ccc(F)cc3)C2=O)cc1. The molecule has 0 atom stereocenters. The summed E-state index contributed by atoms with van der Waals surface area (Å²) < 4.78 is 18.6. The summed E-state index contributed by atoms with van der Waals surface area (Å²) in [6.45, 7) is 1.82. The number of nitrogens with one attached hydrogen (secondary N) is 1. The van der Waals surface area contributed by atoms with Crippen molar-refractivity contribution in [2.24, 2.45) is 0 Å². The number of benzene rings is 3. The predicted octanol–water partition coefficient (Wildman–Crippen LogP) is 5.19. The van der Waals surface area contributed by atoms with Crippen molar-refractivity contribution in [2.75, 3.05) is 17.3 Å². The molecular formula is C24H18ClFN2O3. The number of rotatable bonds is 5. The highest BCUT2D eigenvalue weighted by atomic mass is 35.5. The molecule has 0 aromatic heterocycles. The normalized spacial score (nSPS) is 13.7. The van der Waals surface area contributed by atoms with Gasteiger partial charge >= 0.3 is 0 Å². The van der Waals surface area contributed by atoms with Gasteiger partial charge in [0.1, 0.15) is 17.3 Å². The van der Waals surface area contributed by atoms with E-state index >= 15 is 0 Å². The third-order valence-corrected chi connectivity index (χ3v) is 5.48. The van der Waals surface area contributed by atoms with E-state index in [1.165, 1.54) is 24.3 Å². The maximum absolute atomic E-state index is 13.4. The summed E-state index contributed by atoms with van der Waals surface area (Å²) in [4.78, 5) is 27.7. The fourth-order valence-electron chi connectivity index (χ4n) is 3.37. The van der Waals surface area contributed by atoms with Crippen LogP contribution < -0.4 is 15.0 Å². The van der Waals surface area contributed by atoms with Gasteiger partial charge in [-0.2, -0.15) is 0 Å². The summed E-state index contributed by atoms with van der Waals surface area (Å²) in [5.41, 5.74) is 2.50. The van der Waals surface area contributed by atoms with E-state index in [-0.39, 0.29) is 17.0 Å². The molecule has 0 fully saturated rings. The molecule has 31 heavy (non-hydrogen) atoms. The van der Waals surface area contributed by atoms with Crippen molar-refractivity contribution in [3.8, 4) is 5.75 Å². The number of ether oxygens (including phenoxy) is 1. The Morgan fingerprint density at radius 1 is 0.935 bits per heavy atom. The highest BCUT2D eigenvalue weighted by Gasteiger charge is 2.40. The first-order chi connectivity index (χ1) is 14.9. The minimum absolute atomic E-state index is 0.116. The predicted molar refractivity (Wildman–Crippen MR) is 119 cm³/mol. The summed E-state index contributed by atoms with van der Waals surface area (Å²) in [6, 6.07) is 17.3. The molecule has 0 aliphatic carbocycles. The summed E-state index contributed by atoms with van der Waals surface area (Å²) in [6.07, 6.45) is 0. The molecule has 3 aromatic rings. The molecule has 2 amide bonds. The quantitative estimate of drug-likeness (QED) is 0.559. The molecule has 1 aliphatic heterocycles. The third-order valence-electron chi connectivity index (χ3n) is 5.07.